The van der Waals surface area contributed by atoms with Crippen LogP contribution in [0, 0.1) is 0 Å². The third kappa shape index (κ3) is 4.31. The van der Waals surface area contributed by atoms with Crippen molar-refractivity contribution in [3.63, 3.8) is 0 Å². The highest BCUT2D eigenvalue weighted by molar-refractivity contribution is 5.50. The molecule has 0 fully saturated rings. The van der Waals surface area contributed by atoms with E-state index in [0.717, 1.165) is 12.1 Å². The molecule has 0 saturated carbocycles. The minimum Gasteiger partial charge on any atom is -0.406 e. The van der Waals surface area contributed by atoms with E-state index < -0.39 is 24.1 Å². The fourth-order valence-electron chi connectivity index (χ4n) is 1.42. The number of benzene rings is 1. The van der Waals surface area contributed by atoms with Gasteiger partial charge in [-0.05, 0) is 24.1 Å². The van der Waals surface area contributed by atoms with Crippen LogP contribution in [0.3, 0.4) is 0 Å². The van der Waals surface area contributed by atoms with Crippen molar-refractivity contribution in [3.05, 3.63) is 29.3 Å². The summed E-state index contributed by atoms with van der Waals surface area (Å²) in [5.41, 5.74) is -0.426. The molecule has 0 amide bonds. The molecule has 0 unspecified atom stereocenters. The van der Waals surface area contributed by atoms with Gasteiger partial charge in [0, 0.05) is 12.0 Å². The Hall–Kier alpha value is -1.66. The van der Waals surface area contributed by atoms with Gasteiger partial charge in [0.1, 0.15) is 12.0 Å². The Bertz CT molecular complexity index is 414. The largest absolute Gasteiger partial charge is 0.573 e. The SMILES string of the molecule is O=CCCc1ccc(OC(F)(F)F)cc1C(F)F. The van der Waals surface area contributed by atoms with Crippen LogP contribution in [0.5, 0.6) is 5.75 Å². The molecule has 1 aromatic rings. The van der Waals surface area contributed by atoms with E-state index in [4.69, 9.17) is 0 Å². The summed E-state index contributed by atoms with van der Waals surface area (Å²) in [5, 5.41) is 0. The Kier molecular flexibility index (Phi) is 4.63. The molecule has 0 atom stereocenters. The van der Waals surface area contributed by atoms with E-state index in [-0.39, 0.29) is 18.4 Å². The summed E-state index contributed by atoms with van der Waals surface area (Å²) < 4.78 is 64.6. The zero-order valence-corrected chi connectivity index (χ0v) is 9.01. The van der Waals surface area contributed by atoms with Crippen molar-refractivity contribution in [2.75, 3.05) is 0 Å². The smallest absolute Gasteiger partial charge is 0.406 e. The van der Waals surface area contributed by atoms with Gasteiger partial charge in [-0.3, -0.25) is 0 Å². The molecule has 100 valence electrons. The lowest BCUT2D eigenvalue weighted by Crippen LogP contribution is -2.17. The second-order valence-corrected chi connectivity index (χ2v) is 3.41. The zero-order chi connectivity index (χ0) is 13.8. The summed E-state index contributed by atoms with van der Waals surface area (Å²) in [7, 11) is 0. The predicted octanol–water partition coefficient (Wildman–Crippen LogP) is 3.65. The molecule has 0 aliphatic rings. The van der Waals surface area contributed by atoms with Crippen LogP contribution in [-0.2, 0) is 11.2 Å². The maximum atomic E-state index is 12.6. The van der Waals surface area contributed by atoms with Crippen LogP contribution >= 0.6 is 0 Å². The van der Waals surface area contributed by atoms with Crippen LogP contribution in [-0.4, -0.2) is 12.6 Å². The first-order valence-electron chi connectivity index (χ1n) is 4.94. The third-order valence-electron chi connectivity index (χ3n) is 2.12. The van der Waals surface area contributed by atoms with Gasteiger partial charge in [-0.15, -0.1) is 13.2 Å². The summed E-state index contributed by atoms with van der Waals surface area (Å²) in [6.07, 6.45) is -7.23. The average molecular weight is 268 g/mol. The topological polar surface area (TPSA) is 26.3 Å². The summed E-state index contributed by atoms with van der Waals surface area (Å²) in [6.45, 7) is 0. The van der Waals surface area contributed by atoms with Gasteiger partial charge in [-0.2, -0.15) is 0 Å². The van der Waals surface area contributed by atoms with E-state index in [1.165, 1.54) is 0 Å². The van der Waals surface area contributed by atoms with Crippen molar-refractivity contribution >= 4 is 6.29 Å². The highest BCUT2D eigenvalue weighted by atomic mass is 19.4. The van der Waals surface area contributed by atoms with E-state index in [2.05, 4.69) is 4.74 Å². The van der Waals surface area contributed by atoms with E-state index in [0.29, 0.717) is 12.4 Å². The molecule has 18 heavy (non-hydrogen) atoms. The van der Waals surface area contributed by atoms with Crippen LogP contribution in [0.4, 0.5) is 22.0 Å². The Morgan fingerprint density at radius 2 is 1.94 bits per heavy atom. The lowest BCUT2D eigenvalue weighted by Gasteiger charge is -2.12. The maximum absolute atomic E-state index is 12.6. The van der Waals surface area contributed by atoms with Crippen LogP contribution in [0.15, 0.2) is 18.2 Å². The molecule has 0 saturated heterocycles. The molecule has 0 aliphatic carbocycles. The number of hydrogen-bond acceptors (Lipinski definition) is 2. The lowest BCUT2D eigenvalue weighted by atomic mass is 10.0. The molecule has 0 bridgehead atoms. The summed E-state index contributed by atoms with van der Waals surface area (Å²) >= 11 is 0. The standard InChI is InChI=1S/C11H9F5O2/c12-10(13)9-6-8(18-11(14,15)16)4-3-7(9)2-1-5-17/h3-6,10H,1-2H2. The second-order valence-electron chi connectivity index (χ2n) is 3.41. The molecular weight excluding hydrogens is 259 g/mol. The monoisotopic (exact) mass is 268 g/mol. The molecule has 0 heterocycles. The Morgan fingerprint density at radius 1 is 1.28 bits per heavy atom. The van der Waals surface area contributed by atoms with E-state index in [9.17, 15) is 26.7 Å². The molecule has 0 aliphatic heterocycles. The molecule has 0 N–H and O–H groups in total. The number of rotatable bonds is 5. The number of carbonyl (C=O) groups is 1. The van der Waals surface area contributed by atoms with Crippen molar-refractivity contribution in [3.8, 4) is 5.75 Å². The zero-order valence-electron chi connectivity index (χ0n) is 9.01. The van der Waals surface area contributed by atoms with Crippen LogP contribution in [0.2, 0.25) is 0 Å². The van der Waals surface area contributed by atoms with Crippen molar-refractivity contribution in [1.82, 2.24) is 0 Å². The number of ether oxygens (including phenoxy) is 1. The minimum absolute atomic E-state index is 0.0270. The number of hydrogen-bond donors (Lipinski definition) is 0. The first-order valence-corrected chi connectivity index (χ1v) is 4.94. The third-order valence-corrected chi connectivity index (χ3v) is 2.12. The van der Waals surface area contributed by atoms with Crippen LogP contribution in [0.25, 0.3) is 0 Å². The van der Waals surface area contributed by atoms with E-state index >= 15 is 0 Å². The lowest BCUT2D eigenvalue weighted by molar-refractivity contribution is -0.274. The molecule has 0 aromatic heterocycles. The van der Waals surface area contributed by atoms with Gasteiger partial charge in [0.05, 0.1) is 0 Å². The molecule has 7 heteroatoms. The number of aryl methyl sites for hydroxylation is 1. The van der Waals surface area contributed by atoms with Crippen molar-refractivity contribution in [2.45, 2.75) is 25.6 Å². The van der Waals surface area contributed by atoms with Gasteiger partial charge in [0.15, 0.2) is 0 Å². The fraction of sp³-hybridized carbons (Fsp3) is 0.364. The summed E-state index contributed by atoms with van der Waals surface area (Å²) in [5.74, 6) is -0.701. The highest BCUT2D eigenvalue weighted by Crippen LogP contribution is 2.30. The first-order chi connectivity index (χ1) is 8.33. The predicted molar refractivity (Wildman–Crippen MR) is 52.5 cm³/mol. The Morgan fingerprint density at radius 3 is 2.44 bits per heavy atom. The van der Waals surface area contributed by atoms with Gasteiger partial charge in [-0.25, -0.2) is 8.78 Å². The summed E-state index contributed by atoms with van der Waals surface area (Å²) in [6, 6.07) is 2.68. The number of halogens is 5. The number of aldehydes is 1. The van der Waals surface area contributed by atoms with Gasteiger partial charge in [-0.1, -0.05) is 6.07 Å². The molecule has 0 spiro atoms. The normalized spacial score (nSPS) is 11.7. The number of carbonyl (C=O) groups excluding carboxylic acids is 1. The van der Waals surface area contributed by atoms with Crippen molar-refractivity contribution < 1.29 is 31.5 Å². The van der Waals surface area contributed by atoms with Gasteiger partial charge in [0.2, 0.25) is 0 Å². The van der Waals surface area contributed by atoms with E-state index in [1.807, 2.05) is 0 Å². The molecule has 2 nitrogen and oxygen atoms in total. The first kappa shape index (κ1) is 14.4. The van der Waals surface area contributed by atoms with Crippen molar-refractivity contribution in [2.24, 2.45) is 0 Å². The maximum Gasteiger partial charge on any atom is 0.573 e. The molecule has 1 aromatic carbocycles. The van der Waals surface area contributed by atoms with Crippen LogP contribution < -0.4 is 4.74 Å². The highest BCUT2D eigenvalue weighted by Gasteiger charge is 2.31. The van der Waals surface area contributed by atoms with Gasteiger partial charge < -0.3 is 9.53 Å². The number of alkyl halides is 5. The van der Waals surface area contributed by atoms with Crippen molar-refractivity contribution in [1.29, 1.82) is 0 Å². The Labute approximate surface area is 99.4 Å². The van der Waals surface area contributed by atoms with E-state index in [1.54, 1.807) is 0 Å². The van der Waals surface area contributed by atoms with Crippen LogP contribution in [0.1, 0.15) is 24.0 Å². The second kappa shape index (κ2) is 5.79. The average Bonchev–Trinajstić information content (AvgIpc) is 2.25. The molecule has 0 radical (unpaired) electrons. The minimum atomic E-state index is -4.93. The Balaban J connectivity index is 2.99. The van der Waals surface area contributed by atoms with Gasteiger partial charge >= 0.3 is 6.36 Å². The summed E-state index contributed by atoms with van der Waals surface area (Å²) in [4.78, 5) is 10.2. The van der Waals surface area contributed by atoms with Gasteiger partial charge in [0.25, 0.3) is 6.43 Å². The quantitative estimate of drug-likeness (QED) is 0.601. The molecular formula is C11H9F5O2. The molecule has 1 rings (SSSR count). The fourth-order valence-corrected chi connectivity index (χ4v) is 1.42.